The maximum Gasteiger partial charge on any atom is 0.129 e. The largest absolute Gasteiger partial charge is 0.304 e. The summed E-state index contributed by atoms with van der Waals surface area (Å²) >= 11 is 7.72. The SMILES string of the molecule is CCNC(c1nc(C(C)C)cs1)c1c(F)cccc1Cl. The van der Waals surface area contributed by atoms with Crippen LogP contribution in [0.2, 0.25) is 5.02 Å². The molecule has 20 heavy (non-hydrogen) atoms. The first-order chi connectivity index (χ1) is 9.54. The van der Waals surface area contributed by atoms with Gasteiger partial charge >= 0.3 is 0 Å². The van der Waals surface area contributed by atoms with Crippen LogP contribution in [0.3, 0.4) is 0 Å². The highest BCUT2D eigenvalue weighted by Gasteiger charge is 2.23. The van der Waals surface area contributed by atoms with E-state index in [0.717, 1.165) is 10.7 Å². The molecule has 0 spiro atoms. The molecule has 2 nitrogen and oxygen atoms in total. The molecule has 1 unspecified atom stereocenters. The van der Waals surface area contributed by atoms with Crippen LogP contribution in [0.4, 0.5) is 4.39 Å². The van der Waals surface area contributed by atoms with Crippen LogP contribution in [0.5, 0.6) is 0 Å². The van der Waals surface area contributed by atoms with Crippen molar-refractivity contribution in [1.82, 2.24) is 10.3 Å². The number of halogens is 2. The van der Waals surface area contributed by atoms with Crippen molar-refractivity contribution in [1.29, 1.82) is 0 Å². The van der Waals surface area contributed by atoms with Gasteiger partial charge in [-0.15, -0.1) is 11.3 Å². The highest BCUT2D eigenvalue weighted by molar-refractivity contribution is 7.09. The lowest BCUT2D eigenvalue weighted by Crippen LogP contribution is -2.23. The predicted molar refractivity (Wildman–Crippen MR) is 83.1 cm³/mol. The van der Waals surface area contributed by atoms with Crippen molar-refractivity contribution < 1.29 is 4.39 Å². The fourth-order valence-corrected chi connectivity index (χ4v) is 3.34. The van der Waals surface area contributed by atoms with E-state index in [9.17, 15) is 4.39 Å². The first-order valence-corrected chi connectivity index (χ1v) is 7.93. The van der Waals surface area contributed by atoms with Gasteiger partial charge in [-0.25, -0.2) is 9.37 Å². The number of hydrogen-bond acceptors (Lipinski definition) is 3. The van der Waals surface area contributed by atoms with Crippen molar-refractivity contribution in [2.24, 2.45) is 0 Å². The third kappa shape index (κ3) is 3.19. The van der Waals surface area contributed by atoms with Crippen LogP contribution in [0.25, 0.3) is 0 Å². The maximum absolute atomic E-state index is 14.1. The third-order valence-electron chi connectivity index (χ3n) is 3.07. The van der Waals surface area contributed by atoms with Crippen LogP contribution in [0, 0.1) is 5.82 Å². The van der Waals surface area contributed by atoms with Crippen molar-refractivity contribution in [2.45, 2.75) is 32.7 Å². The van der Waals surface area contributed by atoms with Crippen molar-refractivity contribution in [3.05, 3.63) is 50.7 Å². The Hall–Kier alpha value is -0.970. The van der Waals surface area contributed by atoms with Gasteiger partial charge in [0.2, 0.25) is 0 Å². The number of aromatic nitrogens is 1. The molecule has 5 heteroatoms. The van der Waals surface area contributed by atoms with Gasteiger partial charge < -0.3 is 5.32 Å². The summed E-state index contributed by atoms with van der Waals surface area (Å²) in [6, 6.07) is 4.46. The zero-order valence-electron chi connectivity index (χ0n) is 11.8. The van der Waals surface area contributed by atoms with Gasteiger partial charge in [-0.3, -0.25) is 0 Å². The summed E-state index contributed by atoms with van der Waals surface area (Å²) in [6.07, 6.45) is 0. The third-order valence-corrected chi connectivity index (χ3v) is 4.33. The van der Waals surface area contributed by atoms with E-state index in [0.29, 0.717) is 23.0 Å². The molecule has 1 N–H and O–H groups in total. The Labute approximate surface area is 128 Å². The first-order valence-electron chi connectivity index (χ1n) is 6.67. The molecule has 0 saturated heterocycles. The van der Waals surface area contributed by atoms with Crippen LogP contribution < -0.4 is 5.32 Å². The van der Waals surface area contributed by atoms with Gasteiger partial charge in [-0.05, 0) is 24.6 Å². The predicted octanol–water partition coefficient (Wildman–Crippen LogP) is 4.76. The Morgan fingerprint density at radius 1 is 1.40 bits per heavy atom. The zero-order chi connectivity index (χ0) is 14.7. The van der Waals surface area contributed by atoms with Crippen molar-refractivity contribution in [3.8, 4) is 0 Å². The van der Waals surface area contributed by atoms with Gasteiger partial charge in [0.05, 0.1) is 11.7 Å². The normalized spacial score (nSPS) is 12.9. The van der Waals surface area contributed by atoms with Crippen LogP contribution >= 0.6 is 22.9 Å². The van der Waals surface area contributed by atoms with Gasteiger partial charge in [0, 0.05) is 16.0 Å². The van der Waals surface area contributed by atoms with E-state index in [1.807, 2.05) is 12.3 Å². The molecule has 0 bridgehead atoms. The van der Waals surface area contributed by atoms with E-state index < -0.39 is 0 Å². The molecule has 0 fully saturated rings. The first kappa shape index (κ1) is 15.4. The van der Waals surface area contributed by atoms with Crippen LogP contribution in [0.15, 0.2) is 23.6 Å². The number of rotatable bonds is 5. The molecule has 1 heterocycles. The van der Waals surface area contributed by atoms with E-state index in [4.69, 9.17) is 11.6 Å². The summed E-state index contributed by atoms with van der Waals surface area (Å²) in [4.78, 5) is 4.62. The Morgan fingerprint density at radius 2 is 2.15 bits per heavy atom. The zero-order valence-corrected chi connectivity index (χ0v) is 13.4. The quantitative estimate of drug-likeness (QED) is 0.861. The summed E-state index contributed by atoms with van der Waals surface area (Å²) in [6.45, 7) is 6.89. The molecule has 0 radical (unpaired) electrons. The minimum atomic E-state index is -0.301. The number of benzene rings is 1. The summed E-state index contributed by atoms with van der Waals surface area (Å²) in [7, 11) is 0. The molecule has 0 aliphatic heterocycles. The Morgan fingerprint density at radius 3 is 2.70 bits per heavy atom. The standard InChI is InChI=1S/C15H18ClFN2S/c1-4-18-14(13-10(16)6-5-7-11(13)17)15-19-12(8-20-15)9(2)3/h5-9,14,18H,4H2,1-3H3. The van der Waals surface area contributed by atoms with E-state index in [-0.39, 0.29) is 11.9 Å². The van der Waals surface area contributed by atoms with Crippen molar-refractivity contribution in [3.63, 3.8) is 0 Å². The fourth-order valence-electron chi connectivity index (χ4n) is 2.00. The van der Waals surface area contributed by atoms with Crippen LogP contribution in [0.1, 0.15) is 49.0 Å². The number of nitrogens with zero attached hydrogens (tertiary/aromatic N) is 1. The second-order valence-corrected chi connectivity index (χ2v) is 6.19. The molecule has 2 aromatic rings. The molecule has 0 saturated carbocycles. The average molecular weight is 313 g/mol. The van der Waals surface area contributed by atoms with E-state index in [1.165, 1.54) is 17.4 Å². The van der Waals surface area contributed by atoms with Gasteiger partial charge in [-0.2, -0.15) is 0 Å². The molecule has 1 atom stereocenters. The van der Waals surface area contributed by atoms with E-state index >= 15 is 0 Å². The van der Waals surface area contributed by atoms with Crippen molar-refractivity contribution >= 4 is 22.9 Å². The molecule has 0 aliphatic carbocycles. The average Bonchev–Trinajstić information content (AvgIpc) is 2.87. The summed E-state index contributed by atoms with van der Waals surface area (Å²) in [5, 5.41) is 6.58. The van der Waals surface area contributed by atoms with Crippen molar-refractivity contribution in [2.75, 3.05) is 6.54 Å². The lowest BCUT2D eigenvalue weighted by molar-refractivity contribution is 0.556. The lowest BCUT2D eigenvalue weighted by Gasteiger charge is -2.18. The smallest absolute Gasteiger partial charge is 0.129 e. The maximum atomic E-state index is 14.1. The van der Waals surface area contributed by atoms with Crippen LogP contribution in [-0.2, 0) is 0 Å². The summed E-state index contributed by atoms with van der Waals surface area (Å²) < 4.78 is 14.1. The molecule has 2 rings (SSSR count). The highest BCUT2D eigenvalue weighted by atomic mass is 35.5. The van der Waals surface area contributed by atoms with Gasteiger partial charge in [0.1, 0.15) is 10.8 Å². The molecule has 0 aliphatic rings. The lowest BCUT2D eigenvalue weighted by atomic mass is 10.1. The Balaban J connectivity index is 2.45. The Bertz CT molecular complexity index is 563. The minimum absolute atomic E-state index is 0.300. The topological polar surface area (TPSA) is 24.9 Å². The molecule has 0 amide bonds. The number of hydrogen-bond donors (Lipinski definition) is 1. The van der Waals surface area contributed by atoms with E-state index in [2.05, 4.69) is 24.1 Å². The molecular formula is C15H18ClFN2S. The number of nitrogens with one attached hydrogen (secondary N) is 1. The summed E-state index contributed by atoms with van der Waals surface area (Å²) in [5.41, 5.74) is 1.50. The minimum Gasteiger partial charge on any atom is -0.304 e. The van der Waals surface area contributed by atoms with E-state index in [1.54, 1.807) is 12.1 Å². The van der Waals surface area contributed by atoms with Gasteiger partial charge in [0.15, 0.2) is 0 Å². The summed E-state index contributed by atoms with van der Waals surface area (Å²) in [5.74, 6) is 0.0584. The Kier molecular flexibility index (Phi) is 5.13. The monoisotopic (exact) mass is 312 g/mol. The van der Waals surface area contributed by atoms with Crippen LogP contribution in [-0.4, -0.2) is 11.5 Å². The second kappa shape index (κ2) is 6.66. The van der Waals surface area contributed by atoms with Gasteiger partial charge in [-0.1, -0.05) is 38.4 Å². The highest BCUT2D eigenvalue weighted by Crippen LogP contribution is 2.33. The second-order valence-electron chi connectivity index (χ2n) is 4.89. The molecular weight excluding hydrogens is 295 g/mol. The molecule has 108 valence electrons. The fraction of sp³-hybridized carbons (Fsp3) is 0.400. The molecule has 1 aromatic heterocycles. The van der Waals surface area contributed by atoms with Gasteiger partial charge in [0.25, 0.3) is 0 Å². The number of thiazole rings is 1. The molecule has 1 aromatic carbocycles.